The molecule has 2 aromatic rings. The van der Waals surface area contributed by atoms with Crippen LogP contribution in [0.25, 0.3) is 0 Å². The number of hydrogen-bond acceptors (Lipinski definition) is 3. The van der Waals surface area contributed by atoms with E-state index in [0.29, 0.717) is 0 Å². The number of benzene rings is 2. The lowest BCUT2D eigenvalue weighted by molar-refractivity contribution is 0.306. The van der Waals surface area contributed by atoms with Gasteiger partial charge in [0.15, 0.2) is 0 Å². The van der Waals surface area contributed by atoms with Crippen molar-refractivity contribution < 1.29 is 12.6 Å². The Kier molecular flexibility index (Phi) is 8.16. The van der Waals surface area contributed by atoms with E-state index >= 15 is 0 Å². The van der Waals surface area contributed by atoms with E-state index in [4.69, 9.17) is 4.18 Å². The summed E-state index contributed by atoms with van der Waals surface area (Å²) in [6.45, 7) is 2.19. The lowest BCUT2D eigenvalue weighted by Gasteiger charge is -2.06. The van der Waals surface area contributed by atoms with Crippen LogP contribution in [0.2, 0.25) is 0 Å². The Morgan fingerprint density at radius 2 is 1.36 bits per heavy atom. The molecule has 0 N–H and O–H groups in total. The molecule has 2 rings (SSSR count). The highest BCUT2D eigenvalue weighted by molar-refractivity contribution is 7.86. The van der Waals surface area contributed by atoms with E-state index in [9.17, 15) is 8.42 Å². The molecule has 0 unspecified atom stereocenters. The average Bonchev–Trinajstić information content (AvgIpc) is 2.61. The maximum absolute atomic E-state index is 12.0. The Morgan fingerprint density at radius 1 is 0.760 bits per heavy atom. The van der Waals surface area contributed by atoms with Crippen LogP contribution in [0.15, 0.2) is 59.5 Å². The van der Waals surface area contributed by atoms with Crippen molar-refractivity contribution in [1.29, 1.82) is 0 Å². The summed E-state index contributed by atoms with van der Waals surface area (Å²) >= 11 is 0. The van der Waals surface area contributed by atoms with Gasteiger partial charge in [0.2, 0.25) is 0 Å². The zero-order valence-corrected chi connectivity index (χ0v) is 15.8. The van der Waals surface area contributed by atoms with E-state index in [1.165, 1.54) is 24.8 Å². The molecular weight excluding hydrogens is 332 g/mol. The van der Waals surface area contributed by atoms with Gasteiger partial charge in [0.1, 0.15) is 0 Å². The molecule has 0 aliphatic heterocycles. The van der Waals surface area contributed by atoms with Crippen molar-refractivity contribution in [2.45, 2.75) is 56.8 Å². The predicted octanol–water partition coefficient (Wildman–Crippen LogP) is 5.28. The van der Waals surface area contributed by atoms with Gasteiger partial charge in [-0.15, -0.1) is 0 Å². The molecule has 0 spiro atoms. The third-order valence-corrected chi connectivity index (χ3v) is 5.58. The first-order chi connectivity index (χ1) is 12.1. The second kappa shape index (κ2) is 10.4. The monoisotopic (exact) mass is 360 g/mol. The van der Waals surface area contributed by atoms with Gasteiger partial charge in [-0.3, -0.25) is 4.18 Å². The molecule has 0 bridgehead atoms. The highest BCUT2D eigenvalue weighted by atomic mass is 32.2. The zero-order valence-electron chi connectivity index (χ0n) is 15.0. The van der Waals surface area contributed by atoms with Crippen molar-refractivity contribution in [3.63, 3.8) is 0 Å². The second-order valence-corrected chi connectivity index (χ2v) is 8.06. The van der Waals surface area contributed by atoms with Crippen LogP contribution in [-0.4, -0.2) is 15.0 Å². The van der Waals surface area contributed by atoms with Crippen molar-refractivity contribution in [2.24, 2.45) is 0 Å². The summed E-state index contributed by atoms with van der Waals surface area (Å²) in [6, 6.07) is 17.3. The van der Waals surface area contributed by atoms with Gasteiger partial charge in [-0.05, 0) is 43.9 Å². The van der Waals surface area contributed by atoms with Crippen molar-refractivity contribution in [2.75, 3.05) is 6.61 Å². The first kappa shape index (κ1) is 19.7. The largest absolute Gasteiger partial charge is 0.296 e. The lowest BCUT2D eigenvalue weighted by atomic mass is 10.1. The quantitative estimate of drug-likeness (QED) is 0.404. The van der Waals surface area contributed by atoms with Gasteiger partial charge in [-0.25, -0.2) is 0 Å². The summed E-state index contributed by atoms with van der Waals surface area (Å²) < 4.78 is 29.2. The highest BCUT2D eigenvalue weighted by Crippen LogP contribution is 2.14. The minimum atomic E-state index is -3.61. The van der Waals surface area contributed by atoms with Crippen LogP contribution in [-0.2, 0) is 20.7 Å². The van der Waals surface area contributed by atoms with Crippen LogP contribution in [0.3, 0.4) is 0 Å². The third-order valence-electron chi connectivity index (χ3n) is 4.25. The first-order valence-electron chi connectivity index (χ1n) is 9.08. The van der Waals surface area contributed by atoms with Crippen LogP contribution < -0.4 is 0 Å². The highest BCUT2D eigenvalue weighted by Gasteiger charge is 2.14. The summed E-state index contributed by atoms with van der Waals surface area (Å²) in [5, 5.41) is 0. The molecule has 0 amide bonds. The van der Waals surface area contributed by atoms with Crippen molar-refractivity contribution >= 4 is 10.1 Å². The maximum atomic E-state index is 12.0. The molecule has 3 nitrogen and oxygen atoms in total. The smallest absolute Gasteiger partial charge is 0.266 e. The Balaban J connectivity index is 1.52. The summed E-state index contributed by atoms with van der Waals surface area (Å²) in [5.74, 6) is 0. The third kappa shape index (κ3) is 7.41. The Bertz CT molecular complexity index is 707. The minimum absolute atomic E-state index is 0.235. The van der Waals surface area contributed by atoms with E-state index < -0.39 is 10.1 Å². The number of rotatable bonds is 11. The van der Waals surface area contributed by atoms with Gasteiger partial charge >= 0.3 is 0 Å². The molecule has 0 aliphatic rings. The second-order valence-electron chi connectivity index (χ2n) is 6.45. The molecule has 136 valence electrons. The van der Waals surface area contributed by atoms with Crippen molar-refractivity contribution in [3.05, 3.63) is 65.7 Å². The Morgan fingerprint density at radius 3 is 2.04 bits per heavy atom. The van der Waals surface area contributed by atoms with E-state index in [-0.39, 0.29) is 11.5 Å². The standard InChI is InChI=1S/C21H28O3S/c1-19-14-16-21(17-15-19)25(22,23)24-18-10-5-3-2-4-7-11-20-12-8-6-9-13-20/h6,8-9,12-17H,2-5,7,10-11,18H2,1H3. The molecule has 0 saturated heterocycles. The Hall–Kier alpha value is -1.65. The predicted molar refractivity (Wildman–Crippen MR) is 102 cm³/mol. The summed E-state index contributed by atoms with van der Waals surface area (Å²) in [6.07, 6.45) is 7.68. The molecular formula is C21H28O3S. The number of aryl methyl sites for hydroxylation is 2. The number of hydrogen-bond donors (Lipinski definition) is 0. The average molecular weight is 361 g/mol. The summed E-state index contributed by atoms with van der Waals surface area (Å²) in [4.78, 5) is 0.235. The first-order valence-corrected chi connectivity index (χ1v) is 10.5. The number of unbranched alkanes of at least 4 members (excludes halogenated alkanes) is 5. The van der Waals surface area contributed by atoms with E-state index in [1.807, 2.05) is 13.0 Å². The van der Waals surface area contributed by atoms with Gasteiger partial charge in [0, 0.05) is 0 Å². The molecule has 0 radical (unpaired) electrons. The zero-order chi connectivity index (χ0) is 18.0. The molecule has 2 aromatic carbocycles. The van der Waals surface area contributed by atoms with Crippen molar-refractivity contribution in [3.8, 4) is 0 Å². The van der Waals surface area contributed by atoms with Gasteiger partial charge in [-0.1, -0.05) is 73.7 Å². The van der Waals surface area contributed by atoms with Crippen molar-refractivity contribution in [1.82, 2.24) is 0 Å². The van der Waals surface area contributed by atoms with Gasteiger partial charge < -0.3 is 0 Å². The van der Waals surface area contributed by atoms with E-state index in [2.05, 4.69) is 24.3 Å². The maximum Gasteiger partial charge on any atom is 0.296 e. The van der Waals surface area contributed by atoms with Gasteiger partial charge in [0.25, 0.3) is 10.1 Å². The summed E-state index contributed by atoms with van der Waals surface area (Å²) in [5.41, 5.74) is 2.43. The summed E-state index contributed by atoms with van der Waals surface area (Å²) in [7, 11) is -3.61. The molecule has 0 aromatic heterocycles. The van der Waals surface area contributed by atoms with Crippen LogP contribution in [0.5, 0.6) is 0 Å². The molecule has 0 aliphatic carbocycles. The van der Waals surface area contributed by atoms with Crippen LogP contribution >= 0.6 is 0 Å². The lowest BCUT2D eigenvalue weighted by Crippen LogP contribution is -2.07. The molecule has 0 saturated carbocycles. The van der Waals surface area contributed by atoms with E-state index in [0.717, 1.165) is 31.2 Å². The molecule has 0 heterocycles. The van der Waals surface area contributed by atoms with E-state index in [1.54, 1.807) is 24.3 Å². The molecule has 4 heteroatoms. The SMILES string of the molecule is Cc1ccc(S(=O)(=O)OCCCCCCCCc2ccccc2)cc1. The minimum Gasteiger partial charge on any atom is -0.266 e. The van der Waals surface area contributed by atoms with Gasteiger partial charge in [-0.2, -0.15) is 8.42 Å². The van der Waals surface area contributed by atoms with Gasteiger partial charge in [0.05, 0.1) is 11.5 Å². The molecule has 0 atom stereocenters. The topological polar surface area (TPSA) is 43.4 Å². The van der Waals surface area contributed by atoms with Crippen LogP contribution in [0.4, 0.5) is 0 Å². The Labute approximate surface area is 152 Å². The van der Waals surface area contributed by atoms with Crippen LogP contribution in [0.1, 0.15) is 49.7 Å². The molecule has 0 fully saturated rings. The molecule has 25 heavy (non-hydrogen) atoms. The fraction of sp³-hybridized carbons (Fsp3) is 0.429. The fourth-order valence-corrected chi connectivity index (χ4v) is 3.67. The normalized spacial score (nSPS) is 11.6. The van der Waals surface area contributed by atoms with Crippen LogP contribution in [0, 0.1) is 6.92 Å². The fourth-order valence-electron chi connectivity index (χ4n) is 2.72.